The maximum absolute atomic E-state index is 11.0. The van der Waals surface area contributed by atoms with Gasteiger partial charge in [-0.3, -0.25) is 9.63 Å². The van der Waals surface area contributed by atoms with Gasteiger partial charge >= 0.3 is 0 Å². The Bertz CT molecular complexity index is 130. The monoisotopic (exact) mass is 144 g/mol. The molecule has 4 heteroatoms. The molecule has 1 aliphatic rings. The lowest BCUT2D eigenvalue weighted by molar-refractivity contribution is -0.169. The van der Waals surface area contributed by atoms with Crippen LogP contribution in [0.15, 0.2) is 0 Å². The highest BCUT2D eigenvalue weighted by atomic mass is 16.7. The number of nitrogens with zero attached hydrogens (tertiary/aromatic N) is 1. The van der Waals surface area contributed by atoms with Crippen molar-refractivity contribution in [2.75, 3.05) is 13.2 Å². The fraction of sp³-hybridized carbons (Fsp3) is 0.833. The van der Waals surface area contributed by atoms with Crippen LogP contribution in [0.1, 0.15) is 13.3 Å². The first-order chi connectivity index (χ1) is 4.72. The molecule has 2 N–H and O–H groups in total. The van der Waals surface area contributed by atoms with Gasteiger partial charge < -0.3 is 5.73 Å². The van der Waals surface area contributed by atoms with Gasteiger partial charge in [-0.15, -0.1) is 0 Å². The van der Waals surface area contributed by atoms with Gasteiger partial charge in [0, 0.05) is 0 Å². The standard InChI is InChI=1S/C6H12N2O2/c1-5(7)6(9)8-3-2-4-10-8/h5H,2-4,7H2,1H3/t5-/m1/s1. The molecule has 1 fully saturated rings. The molecule has 0 bridgehead atoms. The molecule has 1 rings (SSSR count). The van der Waals surface area contributed by atoms with Crippen LogP contribution in [0, 0.1) is 0 Å². The Morgan fingerprint density at radius 2 is 2.50 bits per heavy atom. The quantitative estimate of drug-likeness (QED) is 0.539. The zero-order valence-electron chi connectivity index (χ0n) is 6.04. The van der Waals surface area contributed by atoms with Crippen LogP contribution < -0.4 is 5.73 Å². The van der Waals surface area contributed by atoms with Crippen LogP contribution in [0.25, 0.3) is 0 Å². The molecule has 0 aliphatic carbocycles. The first kappa shape index (κ1) is 7.50. The van der Waals surface area contributed by atoms with E-state index in [-0.39, 0.29) is 5.91 Å². The summed E-state index contributed by atoms with van der Waals surface area (Å²) in [4.78, 5) is 16.0. The fourth-order valence-electron chi connectivity index (χ4n) is 0.848. The lowest BCUT2D eigenvalue weighted by Crippen LogP contribution is -2.39. The van der Waals surface area contributed by atoms with Crippen molar-refractivity contribution in [3.63, 3.8) is 0 Å². The van der Waals surface area contributed by atoms with Crippen molar-refractivity contribution in [3.05, 3.63) is 0 Å². The average Bonchev–Trinajstić information content (AvgIpc) is 2.36. The maximum Gasteiger partial charge on any atom is 0.262 e. The van der Waals surface area contributed by atoms with Gasteiger partial charge in [0.2, 0.25) is 0 Å². The smallest absolute Gasteiger partial charge is 0.262 e. The van der Waals surface area contributed by atoms with E-state index in [1.165, 1.54) is 5.06 Å². The Kier molecular flexibility index (Phi) is 2.24. The highest BCUT2D eigenvalue weighted by molar-refractivity contribution is 5.80. The highest BCUT2D eigenvalue weighted by Gasteiger charge is 2.21. The Balaban J connectivity index is 2.40. The average molecular weight is 144 g/mol. The summed E-state index contributed by atoms with van der Waals surface area (Å²) in [5.74, 6) is -0.127. The summed E-state index contributed by atoms with van der Waals surface area (Å²) >= 11 is 0. The number of amides is 1. The van der Waals surface area contributed by atoms with E-state index < -0.39 is 6.04 Å². The van der Waals surface area contributed by atoms with E-state index in [4.69, 9.17) is 10.6 Å². The Labute approximate surface area is 59.9 Å². The van der Waals surface area contributed by atoms with Crippen molar-refractivity contribution in [2.45, 2.75) is 19.4 Å². The number of hydrogen-bond donors (Lipinski definition) is 1. The SMILES string of the molecule is C[C@@H](N)C(=O)N1CCCO1. The number of rotatable bonds is 1. The van der Waals surface area contributed by atoms with Gasteiger partial charge in [0.25, 0.3) is 5.91 Å². The molecule has 0 spiro atoms. The zero-order chi connectivity index (χ0) is 7.56. The minimum atomic E-state index is -0.446. The molecule has 10 heavy (non-hydrogen) atoms. The highest BCUT2D eigenvalue weighted by Crippen LogP contribution is 2.04. The normalized spacial score (nSPS) is 21.2. The van der Waals surface area contributed by atoms with E-state index in [9.17, 15) is 4.79 Å². The Morgan fingerprint density at radius 1 is 1.80 bits per heavy atom. The zero-order valence-corrected chi connectivity index (χ0v) is 6.04. The number of carbonyl (C=O) groups excluding carboxylic acids is 1. The van der Waals surface area contributed by atoms with Crippen LogP contribution >= 0.6 is 0 Å². The Morgan fingerprint density at radius 3 is 2.90 bits per heavy atom. The number of carbonyl (C=O) groups is 1. The number of hydrogen-bond acceptors (Lipinski definition) is 3. The van der Waals surface area contributed by atoms with Crippen LogP contribution in [-0.4, -0.2) is 30.2 Å². The maximum atomic E-state index is 11.0. The summed E-state index contributed by atoms with van der Waals surface area (Å²) < 4.78 is 0. The second-order valence-electron chi connectivity index (χ2n) is 2.42. The molecule has 1 atom stereocenters. The summed E-state index contributed by atoms with van der Waals surface area (Å²) in [6.45, 7) is 2.98. The second-order valence-corrected chi connectivity index (χ2v) is 2.42. The van der Waals surface area contributed by atoms with Gasteiger partial charge in [0.1, 0.15) is 0 Å². The van der Waals surface area contributed by atoms with Gasteiger partial charge in [-0.05, 0) is 13.3 Å². The molecule has 0 saturated carbocycles. The van der Waals surface area contributed by atoms with E-state index >= 15 is 0 Å². The number of nitrogens with two attached hydrogens (primary N) is 1. The molecule has 0 unspecified atom stereocenters. The molecule has 0 aromatic heterocycles. The molecule has 58 valence electrons. The lowest BCUT2D eigenvalue weighted by atomic mass is 10.3. The third-order valence-corrected chi connectivity index (χ3v) is 1.39. The molecular formula is C6H12N2O2. The second kappa shape index (κ2) is 2.98. The summed E-state index contributed by atoms with van der Waals surface area (Å²) in [7, 11) is 0. The summed E-state index contributed by atoms with van der Waals surface area (Å²) in [5.41, 5.74) is 5.34. The molecule has 4 nitrogen and oxygen atoms in total. The predicted octanol–water partition coefficient (Wildman–Crippen LogP) is -0.502. The third kappa shape index (κ3) is 1.46. The van der Waals surface area contributed by atoms with Crippen molar-refractivity contribution in [1.29, 1.82) is 0 Å². The Hall–Kier alpha value is -0.610. The third-order valence-electron chi connectivity index (χ3n) is 1.39. The van der Waals surface area contributed by atoms with E-state index in [2.05, 4.69) is 0 Å². The van der Waals surface area contributed by atoms with Crippen LogP contribution in [0.2, 0.25) is 0 Å². The van der Waals surface area contributed by atoms with Crippen LogP contribution in [0.3, 0.4) is 0 Å². The molecule has 0 radical (unpaired) electrons. The summed E-state index contributed by atoms with van der Waals surface area (Å²) in [6, 6.07) is -0.446. The molecular weight excluding hydrogens is 132 g/mol. The van der Waals surface area contributed by atoms with Crippen molar-refractivity contribution in [3.8, 4) is 0 Å². The van der Waals surface area contributed by atoms with Gasteiger partial charge in [0.15, 0.2) is 0 Å². The first-order valence-corrected chi connectivity index (χ1v) is 3.41. The van der Waals surface area contributed by atoms with Gasteiger partial charge in [-0.25, -0.2) is 5.06 Å². The summed E-state index contributed by atoms with van der Waals surface area (Å²) in [6.07, 6.45) is 0.915. The molecule has 1 amide bonds. The van der Waals surface area contributed by atoms with Gasteiger partial charge in [-0.2, -0.15) is 0 Å². The molecule has 0 aromatic rings. The first-order valence-electron chi connectivity index (χ1n) is 3.41. The van der Waals surface area contributed by atoms with E-state index in [1.807, 2.05) is 0 Å². The van der Waals surface area contributed by atoms with Crippen molar-refractivity contribution in [1.82, 2.24) is 5.06 Å². The summed E-state index contributed by atoms with van der Waals surface area (Å²) in [5, 5.41) is 1.34. The number of hydroxylamine groups is 2. The van der Waals surface area contributed by atoms with E-state index in [1.54, 1.807) is 6.92 Å². The lowest BCUT2D eigenvalue weighted by Gasteiger charge is -2.15. The van der Waals surface area contributed by atoms with Crippen molar-refractivity contribution in [2.24, 2.45) is 5.73 Å². The topological polar surface area (TPSA) is 55.6 Å². The van der Waals surface area contributed by atoms with Crippen molar-refractivity contribution >= 4 is 5.91 Å². The molecule has 1 heterocycles. The van der Waals surface area contributed by atoms with Crippen LogP contribution in [-0.2, 0) is 9.63 Å². The molecule has 1 aliphatic heterocycles. The fourth-order valence-corrected chi connectivity index (χ4v) is 0.848. The largest absolute Gasteiger partial charge is 0.320 e. The van der Waals surface area contributed by atoms with Crippen LogP contribution in [0.4, 0.5) is 0 Å². The van der Waals surface area contributed by atoms with E-state index in [0.29, 0.717) is 13.2 Å². The van der Waals surface area contributed by atoms with Crippen molar-refractivity contribution < 1.29 is 9.63 Å². The van der Waals surface area contributed by atoms with Gasteiger partial charge in [-0.1, -0.05) is 0 Å². The van der Waals surface area contributed by atoms with E-state index in [0.717, 1.165) is 6.42 Å². The predicted molar refractivity (Wildman–Crippen MR) is 35.9 cm³/mol. The van der Waals surface area contributed by atoms with Crippen LogP contribution in [0.5, 0.6) is 0 Å². The molecule has 0 aromatic carbocycles. The molecule has 1 saturated heterocycles. The minimum absolute atomic E-state index is 0.127. The minimum Gasteiger partial charge on any atom is -0.320 e. The van der Waals surface area contributed by atoms with Gasteiger partial charge in [0.05, 0.1) is 19.2 Å².